The van der Waals surface area contributed by atoms with Crippen LogP contribution in [-0.4, -0.2) is 4.57 Å². The van der Waals surface area contributed by atoms with Crippen LogP contribution in [0.2, 0.25) is 0 Å². The van der Waals surface area contributed by atoms with Crippen molar-refractivity contribution in [3.8, 4) is 0 Å². The Hall–Kier alpha value is -1.06. The number of fused-ring (bicyclic) bond motifs is 1. The van der Waals surface area contributed by atoms with E-state index in [4.69, 9.17) is 5.73 Å². The van der Waals surface area contributed by atoms with Gasteiger partial charge in [-0.25, -0.2) is 0 Å². The number of aromatic nitrogens is 1. The van der Waals surface area contributed by atoms with Gasteiger partial charge in [0, 0.05) is 29.5 Å². The molecule has 0 spiro atoms. The van der Waals surface area contributed by atoms with Crippen LogP contribution in [-0.2, 0) is 13.0 Å². The van der Waals surface area contributed by atoms with Gasteiger partial charge in [0.05, 0.1) is 0 Å². The Labute approximate surface area is 116 Å². The fourth-order valence-corrected chi connectivity index (χ4v) is 3.17. The summed E-state index contributed by atoms with van der Waals surface area (Å²) in [6, 6.07) is 8.69. The van der Waals surface area contributed by atoms with E-state index < -0.39 is 0 Å². The summed E-state index contributed by atoms with van der Waals surface area (Å²) in [4.78, 5) is 0. The van der Waals surface area contributed by atoms with E-state index >= 15 is 0 Å². The number of nitrogens with zero attached hydrogens (tertiary/aromatic N) is 1. The predicted molar refractivity (Wildman–Crippen MR) is 77.5 cm³/mol. The van der Waals surface area contributed by atoms with Crippen molar-refractivity contribution in [3.05, 3.63) is 57.8 Å². The van der Waals surface area contributed by atoms with Crippen LogP contribution in [0.3, 0.4) is 0 Å². The maximum atomic E-state index is 6.16. The van der Waals surface area contributed by atoms with Crippen molar-refractivity contribution in [2.75, 3.05) is 0 Å². The van der Waals surface area contributed by atoms with Gasteiger partial charge in [0.1, 0.15) is 0 Å². The summed E-state index contributed by atoms with van der Waals surface area (Å²) in [7, 11) is 0. The Bertz CT molecular complexity index is 559. The zero-order valence-electron chi connectivity index (χ0n) is 10.3. The van der Waals surface area contributed by atoms with Gasteiger partial charge >= 0.3 is 0 Å². The van der Waals surface area contributed by atoms with Gasteiger partial charge in [-0.15, -0.1) is 0 Å². The molecule has 18 heavy (non-hydrogen) atoms. The summed E-state index contributed by atoms with van der Waals surface area (Å²) in [5.41, 5.74) is 10.2. The molecule has 2 nitrogen and oxygen atoms in total. The molecule has 3 heteroatoms. The molecule has 0 saturated heterocycles. The highest BCUT2D eigenvalue weighted by Gasteiger charge is 2.18. The van der Waals surface area contributed by atoms with Gasteiger partial charge in [0.2, 0.25) is 0 Å². The highest BCUT2D eigenvalue weighted by Crippen LogP contribution is 2.28. The first-order valence-corrected chi connectivity index (χ1v) is 7.20. The number of hydrogen-bond donors (Lipinski definition) is 1. The van der Waals surface area contributed by atoms with Crippen molar-refractivity contribution in [1.82, 2.24) is 4.57 Å². The molecule has 1 atom stereocenters. The van der Waals surface area contributed by atoms with Gasteiger partial charge in [-0.1, -0.05) is 28.1 Å². The van der Waals surface area contributed by atoms with E-state index in [1.54, 1.807) is 0 Å². The molecule has 3 rings (SSSR count). The lowest BCUT2D eigenvalue weighted by Gasteiger charge is -2.17. The SMILES string of the molecule is NC1CCCc2cn(Cc3cccc(Br)c3)cc21. The molecule has 0 bridgehead atoms. The number of benzene rings is 1. The third kappa shape index (κ3) is 2.38. The van der Waals surface area contributed by atoms with Crippen molar-refractivity contribution in [2.24, 2.45) is 5.73 Å². The maximum Gasteiger partial charge on any atom is 0.0470 e. The van der Waals surface area contributed by atoms with Crippen molar-refractivity contribution in [3.63, 3.8) is 0 Å². The molecule has 0 fully saturated rings. The van der Waals surface area contributed by atoms with Crippen molar-refractivity contribution < 1.29 is 0 Å². The molecule has 2 aromatic rings. The van der Waals surface area contributed by atoms with E-state index in [0.717, 1.165) is 17.4 Å². The van der Waals surface area contributed by atoms with Gasteiger partial charge in [-0.2, -0.15) is 0 Å². The van der Waals surface area contributed by atoms with Crippen molar-refractivity contribution >= 4 is 15.9 Å². The fourth-order valence-electron chi connectivity index (χ4n) is 2.72. The number of hydrogen-bond acceptors (Lipinski definition) is 1. The van der Waals surface area contributed by atoms with Crippen molar-refractivity contribution in [2.45, 2.75) is 31.8 Å². The minimum Gasteiger partial charge on any atom is -0.349 e. The first-order valence-electron chi connectivity index (χ1n) is 6.41. The second-order valence-electron chi connectivity index (χ2n) is 5.04. The van der Waals surface area contributed by atoms with Crippen LogP contribution in [0, 0.1) is 0 Å². The molecule has 1 aliphatic carbocycles. The predicted octanol–water partition coefficient (Wildman–Crippen LogP) is 3.64. The lowest BCUT2D eigenvalue weighted by atomic mass is 9.92. The molecule has 1 aliphatic rings. The smallest absolute Gasteiger partial charge is 0.0470 e. The molecule has 1 aromatic carbocycles. The first-order chi connectivity index (χ1) is 8.72. The highest BCUT2D eigenvalue weighted by atomic mass is 79.9. The van der Waals surface area contributed by atoms with Gasteiger partial charge in [-0.3, -0.25) is 0 Å². The number of halogens is 1. The van der Waals surface area contributed by atoms with E-state index in [-0.39, 0.29) is 6.04 Å². The number of rotatable bonds is 2. The number of aryl methyl sites for hydroxylation is 1. The normalized spacial score (nSPS) is 18.7. The lowest BCUT2D eigenvalue weighted by molar-refractivity contribution is 0.573. The molecule has 1 unspecified atom stereocenters. The maximum absolute atomic E-state index is 6.16. The van der Waals surface area contributed by atoms with Crippen LogP contribution < -0.4 is 5.73 Å². The zero-order chi connectivity index (χ0) is 12.5. The molecule has 0 radical (unpaired) electrons. The Morgan fingerprint density at radius 1 is 1.33 bits per heavy atom. The van der Waals surface area contributed by atoms with Crippen molar-refractivity contribution in [1.29, 1.82) is 0 Å². The summed E-state index contributed by atoms with van der Waals surface area (Å²) < 4.78 is 3.39. The van der Waals surface area contributed by atoms with Crippen LogP contribution in [0.1, 0.15) is 35.6 Å². The minimum absolute atomic E-state index is 0.234. The summed E-state index contributed by atoms with van der Waals surface area (Å²) in [6.07, 6.45) is 7.99. The monoisotopic (exact) mass is 304 g/mol. The first kappa shape index (κ1) is 12.0. The zero-order valence-corrected chi connectivity index (χ0v) is 11.9. The standard InChI is InChI=1S/C15H17BrN2/c16-13-5-1-3-11(7-13)8-18-9-12-4-2-6-15(17)14(12)10-18/h1,3,5,7,9-10,15H,2,4,6,8,17H2. The van der Waals surface area contributed by atoms with Gasteiger partial charge in [0.15, 0.2) is 0 Å². The Balaban J connectivity index is 1.85. The molecule has 1 heterocycles. The average Bonchev–Trinajstić information content (AvgIpc) is 2.73. The molecular formula is C15H17BrN2. The van der Waals surface area contributed by atoms with Gasteiger partial charge in [0.25, 0.3) is 0 Å². The molecule has 0 aliphatic heterocycles. The molecule has 94 valence electrons. The Morgan fingerprint density at radius 2 is 2.22 bits per heavy atom. The van der Waals surface area contributed by atoms with Crippen LogP contribution in [0.4, 0.5) is 0 Å². The minimum atomic E-state index is 0.234. The summed E-state index contributed by atoms with van der Waals surface area (Å²) in [5.74, 6) is 0. The molecule has 2 N–H and O–H groups in total. The quantitative estimate of drug-likeness (QED) is 0.902. The van der Waals surface area contributed by atoms with Gasteiger partial charge < -0.3 is 10.3 Å². The van der Waals surface area contributed by atoms with Crippen LogP contribution in [0.15, 0.2) is 41.1 Å². The van der Waals surface area contributed by atoms with Crippen LogP contribution in [0.25, 0.3) is 0 Å². The highest BCUT2D eigenvalue weighted by molar-refractivity contribution is 9.10. The van der Waals surface area contributed by atoms with Crippen LogP contribution in [0.5, 0.6) is 0 Å². The van der Waals surface area contributed by atoms with E-state index in [1.165, 1.54) is 29.5 Å². The Morgan fingerprint density at radius 3 is 3.00 bits per heavy atom. The Kier molecular flexibility index (Phi) is 3.27. The van der Waals surface area contributed by atoms with Crippen LogP contribution >= 0.6 is 15.9 Å². The number of nitrogens with two attached hydrogens (primary N) is 1. The second-order valence-corrected chi connectivity index (χ2v) is 5.96. The molecule has 0 saturated carbocycles. The summed E-state index contributed by atoms with van der Waals surface area (Å²) in [5, 5.41) is 0. The topological polar surface area (TPSA) is 30.9 Å². The lowest BCUT2D eigenvalue weighted by Crippen LogP contribution is -2.15. The van der Waals surface area contributed by atoms with E-state index in [9.17, 15) is 0 Å². The summed E-state index contributed by atoms with van der Waals surface area (Å²) in [6.45, 7) is 0.916. The second kappa shape index (κ2) is 4.90. The molecule has 0 amide bonds. The fraction of sp³-hybridized carbons (Fsp3) is 0.333. The third-order valence-corrected chi connectivity index (χ3v) is 4.11. The van der Waals surface area contributed by atoms with E-state index in [0.29, 0.717) is 0 Å². The average molecular weight is 305 g/mol. The van der Waals surface area contributed by atoms with E-state index in [2.05, 4.69) is 57.2 Å². The molecule has 1 aromatic heterocycles. The largest absolute Gasteiger partial charge is 0.349 e. The summed E-state index contributed by atoms with van der Waals surface area (Å²) >= 11 is 3.51. The van der Waals surface area contributed by atoms with E-state index in [1.807, 2.05) is 0 Å². The third-order valence-electron chi connectivity index (χ3n) is 3.61. The molecular weight excluding hydrogens is 288 g/mol. The van der Waals surface area contributed by atoms with Gasteiger partial charge in [-0.05, 0) is 48.1 Å².